The predicted octanol–water partition coefficient (Wildman–Crippen LogP) is 3.38. The molecular formula is C14H12N2O3S3. The minimum Gasteiger partial charge on any atom is -0.339 e. The van der Waals surface area contributed by atoms with Gasteiger partial charge in [0.15, 0.2) is 11.6 Å². The van der Waals surface area contributed by atoms with Crippen molar-refractivity contribution in [3.8, 4) is 5.75 Å². The number of amidine groups is 1. The van der Waals surface area contributed by atoms with E-state index in [2.05, 4.69) is 53.2 Å². The van der Waals surface area contributed by atoms with Crippen LogP contribution in [0.5, 0.6) is 5.75 Å². The minimum absolute atomic E-state index is 0.286. The maximum absolute atomic E-state index is 8.91. The summed E-state index contributed by atoms with van der Waals surface area (Å²) in [6, 6.07) is 10.6. The van der Waals surface area contributed by atoms with Crippen molar-refractivity contribution in [3.05, 3.63) is 47.5 Å². The van der Waals surface area contributed by atoms with Crippen LogP contribution < -0.4 is 10.4 Å². The van der Waals surface area contributed by atoms with Gasteiger partial charge in [0.2, 0.25) is 6.23 Å². The fourth-order valence-corrected chi connectivity index (χ4v) is 2.81. The summed E-state index contributed by atoms with van der Waals surface area (Å²) in [6.45, 7) is 0. The summed E-state index contributed by atoms with van der Waals surface area (Å²) >= 11 is 13.0. The maximum Gasteiger partial charge on any atom is 0.202 e. The number of benzene rings is 2. The second kappa shape index (κ2) is 6.43. The van der Waals surface area contributed by atoms with E-state index in [-0.39, 0.29) is 5.75 Å². The Morgan fingerprint density at radius 2 is 1.82 bits per heavy atom. The summed E-state index contributed by atoms with van der Waals surface area (Å²) in [6.07, 6.45) is -0.549. The third-order valence-electron chi connectivity index (χ3n) is 3.13. The maximum atomic E-state index is 8.91. The lowest BCUT2D eigenvalue weighted by Gasteiger charge is -2.10. The molecule has 0 spiro atoms. The van der Waals surface area contributed by atoms with Crippen molar-refractivity contribution in [3.63, 3.8) is 0 Å². The van der Waals surface area contributed by atoms with Crippen LogP contribution in [-0.2, 0) is 4.84 Å². The molecule has 1 heterocycles. The van der Waals surface area contributed by atoms with Gasteiger partial charge in [-0.15, -0.1) is 37.9 Å². The highest BCUT2D eigenvalue weighted by molar-refractivity contribution is 7.85. The van der Waals surface area contributed by atoms with Crippen molar-refractivity contribution in [2.75, 3.05) is 0 Å². The lowest BCUT2D eigenvalue weighted by molar-refractivity contribution is -0.137. The van der Waals surface area contributed by atoms with Crippen LogP contribution in [0.3, 0.4) is 0 Å². The third-order valence-corrected chi connectivity index (χ3v) is 4.67. The number of aliphatic imine (C=N–C) groups is 1. The van der Waals surface area contributed by atoms with E-state index in [1.807, 2.05) is 18.2 Å². The van der Waals surface area contributed by atoms with Crippen molar-refractivity contribution < 1.29 is 15.0 Å². The zero-order valence-corrected chi connectivity index (χ0v) is 13.8. The van der Waals surface area contributed by atoms with Crippen molar-refractivity contribution >= 4 is 43.7 Å². The molecule has 1 atom stereocenters. The molecule has 1 aliphatic rings. The molecule has 1 aliphatic heterocycles. The number of hydrogen-bond donors (Lipinski definition) is 5. The van der Waals surface area contributed by atoms with E-state index >= 15 is 0 Å². The van der Waals surface area contributed by atoms with Crippen LogP contribution in [0.15, 0.2) is 56.1 Å². The van der Waals surface area contributed by atoms with Gasteiger partial charge >= 0.3 is 0 Å². The Hall–Kier alpha value is -1.32. The molecule has 2 aromatic carbocycles. The highest BCUT2D eigenvalue weighted by Gasteiger charge is 2.24. The predicted molar refractivity (Wildman–Crippen MR) is 91.4 cm³/mol. The number of rotatable bonds is 3. The van der Waals surface area contributed by atoms with Crippen LogP contribution in [0, 0.1) is 0 Å². The van der Waals surface area contributed by atoms with Crippen LogP contribution >= 0.6 is 37.9 Å². The van der Waals surface area contributed by atoms with Crippen molar-refractivity contribution in [1.82, 2.24) is 5.48 Å². The minimum atomic E-state index is -0.549. The topological polar surface area (TPSA) is 63.1 Å². The van der Waals surface area contributed by atoms with E-state index < -0.39 is 6.23 Å². The van der Waals surface area contributed by atoms with Crippen LogP contribution in [0.2, 0.25) is 0 Å². The lowest BCUT2D eigenvalue weighted by Crippen LogP contribution is -2.18. The summed E-state index contributed by atoms with van der Waals surface area (Å²) < 4.78 is 0. The number of hydroxylamine groups is 1. The highest BCUT2D eigenvalue weighted by atomic mass is 32.1. The molecule has 0 radical (unpaired) electrons. The SMILES string of the molecule is OOc1ccccc1C1=NC(c2cc(S)c(S)c(S)c2)ON1. The Morgan fingerprint density at radius 3 is 2.50 bits per heavy atom. The van der Waals surface area contributed by atoms with E-state index in [4.69, 9.17) is 10.1 Å². The summed E-state index contributed by atoms with van der Waals surface area (Å²) in [7, 11) is 0. The van der Waals surface area contributed by atoms with E-state index in [1.54, 1.807) is 18.2 Å². The van der Waals surface area contributed by atoms with Crippen LogP contribution in [-0.4, -0.2) is 11.1 Å². The van der Waals surface area contributed by atoms with Crippen LogP contribution in [0.4, 0.5) is 0 Å². The molecule has 114 valence electrons. The van der Waals surface area contributed by atoms with Crippen molar-refractivity contribution in [2.45, 2.75) is 20.9 Å². The zero-order valence-electron chi connectivity index (χ0n) is 11.1. The normalized spacial score (nSPS) is 17.1. The van der Waals surface area contributed by atoms with E-state index in [1.165, 1.54) is 0 Å². The Kier molecular flexibility index (Phi) is 4.55. The van der Waals surface area contributed by atoms with Crippen LogP contribution in [0.25, 0.3) is 0 Å². The van der Waals surface area contributed by atoms with Gasteiger partial charge < -0.3 is 4.89 Å². The molecule has 0 saturated carbocycles. The largest absolute Gasteiger partial charge is 0.339 e. The molecule has 0 amide bonds. The van der Waals surface area contributed by atoms with Gasteiger partial charge in [0.05, 0.1) is 5.56 Å². The van der Waals surface area contributed by atoms with Gasteiger partial charge in [0.1, 0.15) is 0 Å². The molecule has 0 fully saturated rings. The quantitative estimate of drug-likeness (QED) is 0.334. The Bertz CT molecular complexity index is 729. The second-order valence-corrected chi connectivity index (χ2v) is 5.96. The summed E-state index contributed by atoms with van der Waals surface area (Å²) in [5.41, 5.74) is 4.12. The smallest absolute Gasteiger partial charge is 0.202 e. The van der Waals surface area contributed by atoms with E-state index in [9.17, 15) is 0 Å². The third kappa shape index (κ3) is 2.92. The number of nitrogens with one attached hydrogen (secondary N) is 1. The molecule has 0 aromatic heterocycles. The van der Waals surface area contributed by atoms with Gasteiger partial charge in [-0.05, 0) is 24.3 Å². The van der Waals surface area contributed by atoms with Gasteiger partial charge in [-0.2, -0.15) is 0 Å². The van der Waals surface area contributed by atoms with Gasteiger partial charge in [-0.1, -0.05) is 12.1 Å². The van der Waals surface area contributed by atoms with Crippen molar-refractivity contribution in [2.24, 2.45) is 4.99 Å². The van der Waals surface area contributed by atoms with Crippen LogP contribution in [0.1, 0.15) is 17.4 Å². The molecule has 0 bridgehead atoms. The Morgan fingerprint density at radius 1 is 1.14 bits per heavy atom. The summed E-state index contributed by atoms with van der Waals surface area (Å²) in [4.78, 5) is 16.3. The summed E-state index contributed by atoms with van der Waals surface area (Å²) in [5, 5.41) is 8.91. The second-order valence-electron chi connectivity index (χ2n) is 4.55. The van der Waals surface area contributed by atoms with Gasteiger partial charge in [0.25, 0.3) is 0 Å². The molecular weight excluding hydrogens is 340 g/mol. The van der Waals surface area contributed by atoms with Gasteiger partial charge in [-0.3, -0.25) is 0 Å². The van der Waals surface area contributed by atoms with Gasteiger partial charge in [-0.25, -0.2) is 20.6 Å². The molecule has 22 heavy (non-hydrogen) atoms. The Balaban J connectivity index is 1.95. The number of hydrogen-bond acceptors (Lipinski definition) is 8. The summed E-state index contributed by atoms with van der Waals surface area (Å²) in [5.74, 6) is 0.750. The average molecular weight is 352 g/mol. The number of nitrogens with zero attached hydrogens (tertiary/aromatic N) is 1. The molecule has 0 aliphatic carbocycles. The number of thiol groups is 3. The zero-order chi connectivity index (χ0) is 15.7. The van der Waals surface area contributed by atoms with E-state index in [0.29, 0.717) is 26.1 Å². The lowest BCUT2D eigenvalue weighted by atomic mass is 10.1. The Labute approximate surface area is 143 Å². The molecule has 3 rings (SSSR count). The highest BCUT2D eigenvalue weighted by Crippen LogP contribution is 2.33. The fourth-order valence-electron chi connectivity index (χ4n) is 2.06. The van der Waals surface area contributed by atoms with Crippen molar-refractivity contribution in [1.29, 1.82) is 0 Å². The molecule has 2 N–H and O–H groups in total. The molecule has 1 unspecified atom stereocenters. The molecule has 0 saturated heterocycles. The molecule has 2 aromatic rings. The first-order valence-corrected chi connectivity index (χ1v) is 7.59. The first kappa shape index (κ1) is 15.6. The van der Waals surface area contributed by atoms with E-state index in [0.717, 1.165) is 5.56 Å². The fraction of sp³-hybridized carbons (Fsp3) is 0.0714. The number of para-hydroxylation sites is 1. The standard InChI is InChI=1S/C14H12N2O3S3/c17-19-9-4-2-1-3-8(9)13-15-14(18-16-13)7-5-10(20)12(22)11(21)6-7/h1-6,14,17,20-22H,(H,15,16). The van der Waals surface area contributed by atoms with Gasteiger partial charge in [0, 0.05) is 20.2 Å². The first-order chi connectivity index (χ1) is 10.6. The first-order valence-electron chi connectivity index (χ1n) is 6.25. The molecule has 5 nitrogen and oxygen atoms in total. The molecule has 8 heteroatoms. The average Bonchev–Trinajstić information content (AvgIpc) is 3.02. The monoisotopic (exact) mass is 352 g/mol.